The fraction of sp³-hybridized carbons (Fsp3) is 0.467. The number of allylic oxidation sites excluding steroid dienone is 3. The second-order valence-electron chi connectivity index (χ2n) is 10.2. The van der Waals surface area contributed by atoms with Crippen LogP contribution in [0.25, 0.3) is 11.1 Å². The van der Waals surface area contributed by atoms with Crippen molar-refractivity contribution in [2.24, 2.45) is 0 Å². The van der Waals surface area contributed by atoms with Gasteiger partial charge >= 0.3 is 0 Å². The summed E-state index contributed by atoms with van der Waals surface area (Å²) in [6.45, 7) is 2.26. The molecule has 0 saturated carbocycles. The maximum atomic E-state index is 13.8. The third kappa shape index (κ3) is 5.49. The highest BCUT2D eigenvalue weighted by atomic mass is 19.3. The number of benzene rings is 2. The molecule has 0 amide bonds. The normalized spacial score (nSPS) is 21.9. The fourth-order valence-electron chi connectivity index (χ4n) is 5.72. The van der Waals surface area contributed by atoms with Crippen molar-refractivity contribution in [3.63, 3.8) is 0 Å². The predicted octanol–water partition coefficient (Wildman–Crippen LogP) is 7.18. The van der Waals surface area contributed by atoms with Gasteiger partial charge in [0, 0.05) is 38.0 Å². The largest absolute Gasteiger partial charge is 0.507 e. The van der Waals surface area contributed by atoms with Gasteiger partial charge in [-0.1, -0.05) is 30.4 Å². The van der Waals surface area contributed by atoms with Crippen molar-refractivity contribution < 1.29 is 23.0 Å². The van der Waals surface area contributed by atoms with Crippen LogP contribution in [0.5, 0.6) is 11.5 Å². The van der Waals surface area contributed by atoms with E-state index in [4.69, 9.17) is 4.74 Å². The zero-order valence-electron chi connectivity index (χ0n) is 20.6. The van der Waals surface area contributed by atoms with Gasteiger partial charge in [0.15, 0.2) is 0 Å². The van der Waals surface area contributed by atoms with Gasteiger partial charge in [0.05, 0.1) is 6.67 Å². The van der Waals surface area contributed by atoms with Crippen molar-refractivity contribution in [1.82, 2.24) is 4.90 Å². The molecule has 2 aromatic rings. The summed E-state index contributed by atoms with van der Waals surface area (Å²) in [7, 11) is 0. The van der Waals surface area contributed by atoms with E-state index in [0.29, 0.717) is 6.42 Å². The van der Waals surface area contributed by atoms with Crippen molar-refractivity contribution in [1.29, 1.82) is 0 Å². The van der Waals surface area contributed by atoms with Crippen LogP contribution in [0.4, 0.5) is 13.2 Å². The van der Waals surface area contributed by atoms with Crippen molar-refractivity contribution in [2.45, 2.75) is 63.4 Å². The molecule has 1 aliphatic heterocycles. The van der Waals surface area contributed by atoms with Crippen molar-refractivity contribution in [3.8, 4) is 11.5 Å². The number of alkyl halides is 3. The minimum absolute atomic E-state index is 0.120. The van der Waals surface area contributed by atoms with E-state index in [1.54, 1.807) is 12.1 Å². The van der Waals surface area contributed by atoms with E-state index in [9.17, 15) is 18.3 Å². The molecule has 0 spiro atoms. The smallest absolute Gasteiger partial charge is 0.251 e. The third-order valence-corrected chi connectivity index (χ3v) is 7.59. The molecule has 1 heterocycles. The van der Waals surface area contributed by atoms with E-state index in [-0.39, 0.29) is 37.8 Å². The number of rotatable bonds is 7. The van der Waals surface area contributed by atoms with Crippen LogP contribution in [0.3, 0.4) is 0 Å². The number of likely N-dealkylation sites (tertiary alicyclic amines) is 1. The predicted molar refractivity (Wildman–Crippen MR) is 137 cm³/mol. The Kier molecular flexibility index (Phi) is 7.42. The molecule has 2 aromatic carbocycles. The van der Waals surface area contributed by atoms with Gasteiger partial charge in [0.25, 0.3) is 5.92 Å². The second kappa shape index (κ2) is 10.7. The van der Waals surface area contributed by atoms with Crippen LogP contribution < -0.4 is 4.74 Å². The van der Waals surface area contributed by atoms with Gasteiger partial charge in [0.2, 0.25) is 0 Å². The van der Waals surface area contributed by atoms with Crippen LogP contribution in [0, 0.1) is 0 Å². The molecule has 1 atom stereocenters. The van der Waals surface area contributed by atoms with Crippen LogP contribution in [0.15, 0.2) is 48.6 Å². The monoisotopic (exact) mass is 497 g/mol. The first kappa shape index (κ1) is 24.9. The summed E-state index contributed by atoms with van der Waals surface area (Å²) in [6.07, 6.45) is 7.96. The Morgan fingerprint density at radius 3 is 2.64 bits per heavy atom. The molecule has 192 valence electrons. The molecule has 1 N–H and O–H groups in total. The number of halogens is 3. The fourth-order valence-corrected chi connectivity index (χ4v) is 5.72. The minimum atomic E-state index is -2.66. The summed E-state index contributed by atoms with van der Waals surface area (Å²) in [5.74, 6) is -1.66. The summed E-state index contributed by atoms with van der Waals surface area (Å²) in [6, 6.07) is 11.8. The molecular formula is C30H34F3NO2. The first-order chi connectivity index (χ1) is 17.4. The van der Waals surface area contributed by atoms with Crippen LogP contribution in [-0.2, 0) is 6.42 Å². The highest BCUT2D eigenvalue weighted by molar-refractivity contribution is 5.86. The molecular weight excluding hydrogens is 463 g/mol. The SMILES string of the molecule is Oc1ccc2c(c1C1=CCC(F)(F)CC1)CCCC=C2c1ccc(O[C@H]2CCN(CCCF)C2)cc1. The first-order valence-electron chi connectivity index (χ1n) is 13.1. The lowest BCUT2D eigenvalue weighted by atomic mass is 9.83. The first-order valence-corrected chi connectivity index (χ1v) is 13.1. The molecule has 2 aliphatic carbocycles. The topological polar surface area (TPSA) is 32.7 Å². The van der Waals surface area contributed by atoms with E-state index in [1.165, 1.54) is 0 Å². The van der Waals surface area contributed by atoms with Crippen LogP contribution in [-0.4, -0.2) is 48.3 Å². The molecule has 0 aromatic heterocycles. The lowest BCUT2D eigenvalue weighted by molar-refractivity contribution is -0.00606. The summed E-state index contributed by atoms with van der Waals surface area (Å²) < 4.78 is 46.2. The van der Waals surface area contributed by atoms with Gasteiger partial charge in [-0.3, -0.25) is 9.29 Å². The number of aromatic hydroxyl groups is 1. The Balaban J connectivity index is 1.36. The number of phenolic OH excluding ortho intramolecular Hbond substituents is 1. The minimum Gasteiger partial charge on any atom is -0.507 e. The maximum absolute atomic E-state index is 13.8. The Hall–Kier alpha value is -2.73. The molecule has 3 aliphatic rings. The van der Waals surface area contributed by atoms with Crippen LogP contribution in [0.2, 0.25) is 0 Å². The molecule has 0 unspecified atom stereocenters. The van der Waals surface area contributed by atoms with Crippen molar-refractivity contribution in [2.75, 3.05) is 26.3 Å². The second-order valence-corrected chi connectivity index (χ2v) is 10.2. The number of hydrogen-bond acceptors (Lipinski definition) is 3. The number of phenols is 1. The highest BCUT2D eigenvalue weighted by Crippen LogP contribution is 2.44. The summed E-state index contributed by atoms with van der Waals surface area (Å²) in [5, 5.41) is 10.7. The van der Waals surface area contributed by atoms with E-state index >= 15 is 0 Å². The van der Waals surface area contributed by atoms with E-state index in [2.05, 4.69) is 23.1 Å². The van der Waals surface area contributed by atoms with Gasteiger partial charge in [-0.25, -0.2) is 8.78 Å². The number of nitrogens with zero attached hydrogens (tertiary/aromatic N) is 1. The van der Waals surface area contributed by atoms with Gasteiger partial charge in [-0.15, -0.1) is 0 Å². The lowest BCUT2D eigenvalue weighted by Gasteiger charge is -2.25. The molecule has 36 heavy (non-hydrogen) atoms. The Morgan fingerprint density at radius 2 is 1.89 bits per heavy atom. The zero-order valence-corrected chi connectivity index (χ0v) is 20.6. The van der Waals surface area contributed by atoms with E-state index in [1.807, 2.05) is 18.2 Å². The van der Waals surface area contributed by atoms with Crippen molar-refractivity contribution >= 4 is 11.1 Å². The Labute approximate surface area is 211 Å². The number of ether oxygens (including phenoxy) is 1. The van der Waals surface area contributed by atoms with E-state index in [0.717, 1.165) is 84.5 Å². The Bertz CT molecular complexity index is 1140. The summed E-state index contributed by atoms with van der Waals surface area (Å²) in [4.78, 5) is 2.25. The van der Waals surface area contributed by atoms with Gasteiger partial charge in [-0.05, 0) is 84.6 Å². The number of fused-ring (bicyclic) bond motifs is 1. The van der Waals surface area contributed by atoms with Gasteiger partial charge in [0.1, 0.15) is 17.6 Å². The van der Waals surface area contributed by atoms with Gasteiger partial charge < -0.3 is 9.84 Å². The molecule has 0 bridgehead atoms. The average molecular weight is 498 g/mol. The van der Waals surface area contributed by atoms with Gasteiger partial charge in [-0.2, -0.15) is 0 Å². The number of hydrogen-bond donors (Lipinski definition) is 1. The highest BCUT2D eigenvalue weighted by Gasteiger charge is 2.33. The summed E-state index contributed by atoms with van der Waals surface area (Å²) in [5.41, 5.74) is 5.87. The van der Waals surface area contributed by atoms with Crippen LogP contribution >= 0.6 is 0 Å². The maximum Gasteiger partial charge on any atom is 0.251 e. The molecule has 0 radical (unpaired) electrons. The molecule has 6 heteroatoms. The van der Waals surface area contributed by atoms with Crippen LogP contribution in [0.1, 0.15) is 67.2 Å². The Morgan fingerprint density at radius 1 is 1.06 bits per heavy atom. The quantitative estimate of drug-likeness (QED) is 0.440. The standard InChI is InChI=1S/C30H34F3NO2/c31-17-3-18-34-19-14-24(20-34)36-23-8-6-21(7-9-23)25-4-1-2-5-27-26(25)10-11-28(35)29(27)22-12-15-30(32,33)16-13-22/h4,6-12,24,35H,1-3,5,13-20H2/t24-/m0/s1. The third-order valence-electron chi connectivity index (χ3n) is 7.59. The molecule has 3 nitrogen and oxygen atoms in total. The van der Waals surface area contributed by atoms with E-state index < -0.39 is 5.92 Å². The molecule has 1 saturated heterocycles. The zero-order chi connectivity index (χ0) is 25.1. The van der Waals surface area contributed by atoms with Crippen molar-refractivity contribution in [3.05, 3.63) is 70.8 Å². The molecule has 5 rings (SSSR count). The molecule has 1 fully saturated rings. The lowest BCUT2D eigenvalue weighted by Crippen LogP contribution is -2.26. The average Bonchev–Trinajstić information content (AvgIpc) is 3.20. The summed E-state index contributed by atoms with van der Waals surface area (Å²) >= 11 is 0.